The summed E-state index contributed by atoms with van der Waals surface area (Å²) < 4.78 is 37.5. The Balaban J connectivity index is 1.88. The van der Waals surface area contributed by atoms with E-state index in [0.717, 1.165) is 17.7 Å². The molecule has 6 heteroatoms. The fourth-order valence-corrected chi connectivity index (χ4v) is 2.05. The number of benzene rings is 2. The first-order chi connectivity index (χ1) is 10.9. The smallest absolute Gasteiger partial charge is 0.334 e. The van der Waals surface area contributed by atoms with Crippen LogP contribution < -0.4 is 5.32 Å². The number of carbonyl (C=O) groups excluding carboxylic acids is 1. The summed E-state index contributed by atoms with van der Waals surface area (Å²) in [5, 5.41) is 2.76. The molecule has 0 aromatic heterocycles. The van der Waals surface area contributed by atoms with Gasteiger partial charge in [-0.05, 0) is 23.3 Å². The lowest BCUT2D eigenvalue weighted by Gasteiger charge is -2.18. The molecule has 0 bridgehead atoms. The minimum Gasteiger partial charge on any atom is -0.334 e. The van der Waals surface area contributed by atoms with Crippen molar-refractivity contribution in [3.8, 4) is 0 Å². The van der Waals surface area contributed by atoms with Crippen LogP contribution in [0.3, 0.4) is 0 Å². The van der Waals surface area contributed by atoms with Gasteiger partial charge < -0.3 is 10.2 Å². The largest absolute Gasteiger partial charge is 0.416 e. The van der Waals surface area contributed by atoms with Crippen LogP contribution in [0, 0.1) is 0 Å². The SMILES string of the molecule is CN(Cc1ccc(C(F)(F)F)cc1)C(=O)NCc1ccccc1. The number of carbonyl (C=O) groups is 1. The minimum atomic E-state index is -4.35. The van der Waals surface area contributed by atoms with E-state index < -0.39 is 11.7 Å². The molecule has 23 heavy (non-hydrogen) atoms. The lowest BCUT2D eigenvalue weighted by Crippen LogP contribution is -2.36. The van der Waals surface area contributed by atoms with Gasteiger partial charge in [0.05, 0.1) is 5.56 Å². The Kier molecular flexibility index (Phi) is 5.26. The van der Waals surface area contributed by atoms with Crippen molar-refractivity contribution in [2.24, 2.45) is 0 Å². The zero-order chi connectivity index (χ0) is 16.9. The topological polar surface area (TPSA) is 32.3 Å². The first-order valence-corrected chi connectivity index (χ1v) is 7.05. The van der Waals surface area contributed by atoms with Crippen LogP contribution in [0.25, 0.3) is 0 Å². The summed E-state index contributed by atoms with van der Waals surface area (Å²) in [6, 6.07) is 14.0. The van der Waals surface area contributed by atoms with Gasteiger partial charge in [-0.2, -0.15) is 13.2 Å². The summed E-state index contributed by atoms with van der Waals surface area (Å²) in [5.41, 5.74) is 0.913. The van der Waals surface area contributed by atoms with E-state index in [2.05, 4.69) is 5.32 Å². The molecule has 0 aliphatic rings. The highest BCUT2D eigenvalue weighted by molar-refractivity contribution is 5.73. The van der Waals surface area contributed by atoms with Gasteiger partial charge in [0, 0.05) is 20.1 Å². The molecule has 0 radical (unpaired) electrons. The zero-order valence-electron chi connectivity index (χ0n) is 12.6. The van der Waals surface area contributed by atoms with E-state index >= 15 is 0 Å². The van der Waals surface area contributed by atoms with Crippen molar-refractivity contribution in [2.75, 3.05) is 7.05 Å². The molecule has 0 spiro atoms. The van der Waals surface area contributed by atoms with Gasteiger partial charge in [-0.15, -0.1) is 0 Å². The Hall–Kier alpha value is -2.50. The third-order valence-corrected chi connectivity index (χ3v) is 3.33. The average molecular weight is 322 g/mol. The fourth-order valence-electron chi connectivity index (χ4n) is 2.05. The van der Waals surface area contributed by atoms with E-state index in [-0.39, 0.29) is 12.6 Å². The second-order valence-electron chi connectivity index (χ2n) is 5.20. The Labute approximate surface area is 132 Å². The van der Waals surface area contributed by atoms with Crippen molar-refractivity contribution in [2.45, 2.75) is 19.3 Å². The maximum atomic E-state index is 12.5. The summed E-state index contributed by atoms with van der Waals surface area (Å²) in [4.78, 5) is 13.4. The summed E-state index contributed by atoms with van der Waals surface area (Å²) in [5.74, 6) is 0. The molecule has 2 aromatic rings. The zero-order valence-corrected chi connectivity index (χ0v) is 12.6. The molecule has 2 rings (SSSR count). The number of urea groups is 1. The Morgan fingerprint density at radius 1 is 1.00 bits per heavy atom. The highest BCUT2D eigenvalue weighted by atomic mass is 19.4. The minimum absolute atomic E-state index is 0.235. The molecule has 2 amide bonds. The van der Waals surface area contributed by atoms with Crippen molar-refractivity contribution < 1.29 is 18.0 Å². The number of rotatable bonds is 4. The van der Waals surface area contributed by atoms with Crippen molar-refractivity contribution in [1.82, 2.24) is 10.2 Å². The highest BCUT2D eigenvalue weighted by Gasteiger charge is 2.29. The molecule has 0 saturated carbocycles. The number of nitrogens with one attached hydrogen (secondary N) is 1. The van der Waals surface area contributed by atoms with Gasteiger partial charge in [0.15, 0.2) is 0 Å². The maximum absolute atomic E-state index is 12.5. The number of amides is 2. The second-order valence-corrected chi connectivity index (χ2v) is 5.20. The van der Waals surface area contributed by atoms with E-state index in [0.29, 0.717) is 12.1 Å². The molecule has 0 fully saturated rings. The summed E-state index contributed by atoms with van der Waals surface area (Å²) in [6.07, 6.45) is -4.35. The van der Waals surface area contributed by atoms with E-state index in [4.69, 9.17) is 0 Å². The highest BCUT2D eigenvalue weighted by Crippen LogP contribution is 2.29. The number of hydrogen-bond acceptors (Lipinski definition) is 1. The maximum Gasteiger partial charge on any atom is 0.416 e. The van der Waals surface area contributed by atoms with Crippen LogP contribution in [-0.2, 0) is 19.3 Å². The monoisotopic (exact) mass is 322 g/mol. The Morgan fingerprint density at radius 2 is 1.61 bits per heavy atom. The predicted molar refractivity (Wildman–Crippen MR) is 81.6 cm³/mol. The normalized spacial score (nSPS) is 11.1. The van der Waals surface area contributed by atoms with E-state index in [1.807, 2.05) is 30.3 Å². The van der Waals surface area contributed by atoms with Gasteiger partial charge in [0.2, 0.25) is 0 Å². The molecular weight excluding hydrogens is 305 g/mol. The van der Waals surface area contributed by atoms with Crippen LogP contribution >= 0.6 is 0 Å². The second kappa shape index (κ2) is 7.17. The van der Waals surface area contributed by atoms with Crippen LogP contribution in [0.1, 0.15) is 16.7 Å². The van der Waals surface area contributed by atoms with E-state index in [9.17, 15) is 18.0 Å². The predicted octanol–water partition coefficient (Wildman–Crippen LogP) is 4.05. The molecule has 1 N–H and O–H groups in total. The third kappa shape index (κ3) is 5.02. The number of hydrogen-bond donors (Lipinski definition) is 1. The van der Waals surface area contributed by atoms with E-state index in [1.54, 1.807) is 7.05 Å². The number of alkyl halides is 3. The first-order valence-electron chi connectivity index (χ1n) is 7.05. The van der Waals surface area contributed by atoms with Gasteiger partial charge in [-0.25, -0.2) is 4.79 Å². The van der Waals surface area contributed by atoms with Crippen molar-refractivity contribution >= 4 is 6.03 Å². The Bertz CT molecular complexity index is 639. The van der Waals surface area contributed by atoms with Gasteiger partial charge in [0.1, 0.15) is 0 Å². The standard InChI is InChI=1S/C17H17F3N2O/c1-22(16(23)21-11-13-5-3-2-4-6-13)12-14-7-9-15(10-8-14)17(18,19)20/h2-10H,11-12H2,1H3,(H,21,23). The lowest BCUT2D eigenvalue weighted by molar-refractivity contribution is -0.137. The van der Waals surface area contributed by atoms with Crippen LogP contribution in [0.5, 0.6) is 0 Å². The number of nitrogens with zero attached hydrogens (tertiary/aromatic N) is 1. The Morgan fingerprint density at radius 3 is 2.17 bits per heavy atom. The third-order valence-electron chi connectivity index (χ3n) is 3.33. The molecular formula is C17H17F3N2O. The molecule has 0 heterocycles. The quantitative estimate of drug-likeness (QED) is 0.905. The summed E-state index contributed by atoms with van der Waals surface area (Å²) >= 11 is 0. The van der Waals surface area contributed by atoms with Crippen LogP contribution in [0.15, 0.2) is 54.6 Å². The molecule has 3 nitrogen and oxygen atoms in total. The molecule has 0 saturated heterocycles. The number of halogens is 3. The molecule has 0 atom stereocenters. The molecule has 122 valence electrons. The molecule has 0 aliphatic heterocycles. The van der Waals surface area contributed by atoms with Gasteiger partial charge in [-0.1, -0.05) is 42.5 Å². The lowest BCUT2D eigenvalue weighted by atomic mass is 10.1. The molecule has 2 aromatic carbocycles. The fraction of sp³-hybridized carbons (Fsp3) is 0.235. The summed E-state index contributed by atoms with van der Waals surface area (Å²) in [7, 11) is 1.60. The van der Waals surface area contributed by atoms with E-state index in [1.165, 1.54) is 17.0 Å². The van der Waals surface area contributed by atoms with Crippen molar-refractivity contribution in [3.05, 3.63) is 71.3 Å². The van der Waals surface area contributed by atoms with Crippen molar-refractivity contribution in [1.29, 1.82) is 0 Å². The van der Waals surface area contributed by atoms with Crippen molar-refractivity contribution in [3.63, 3.8) is 0 Å². The van der Waals surface area contributed by atoms with Crippen LogP contribution in [0.4, 0.5) is 18.0 Å². The van der Waals surface area contributed by atoms with Crippen LogP contribution in [0.2, 0.25) is 0 Å². The molecule has 0 unspecified atom stereocenters. The van der Waals surface area contributed by atoms with Gasteiger partial charge in [0.25, 0.3) is 0 Å². The molecule has 0 aliphatic carbocycles. The first kappa shape index (κ1) is 16.9. The van der Waals surface area contributed by atoms with Gasteiger partial charge >= 0.3 is 12.2 Å². The van der Waals surface area contributed by atoms with Gasteiger partial charge in [-0.3, -0.25) is 0 Å². The summed E-state index contributed by atoms with van der Waals surface area (Å²) in [6.45, 7) is 0.635. The average Bonchev–Trinajstić information content (AvgIpc) is 2.53. The van der Waals surface area contributed by atoms with Crippen LogP contribution in [-0.4, -0.2) is 18.0 Å².